The van der Waals surface area contributed by atoms with E-state index < -0.39 is 0 Å². The van der Waals surface area contributed by atoms with Crippen molar-refractivity contribution in [2.75, 3.05) is 11.1 Å². The number of fused-ring (bicyclic) bond motifs is 1. The summed E-state index contributed by atoms with van der Waals surface area (Å²) < 4.78 is 1.46. The highest BCUT2D eigenvalue weighted by Gasteiger charge is 2.16. The second-order valence-electron chi connectivity index (χ2n) is 7.93. The lowest BCUT2D eigenvalue weighted by atomic mass is 10.1. The van der Waals surface area contributed by atoms with Crippen LogP contribution in [0.5, 0.6) is 0 Å². The smallest absolute Gasteiger partial charge is 0.266 e. The topological polar surface area (TPSA) is 64.0 Å². The van der Waals surface area contributed by atoms with Gasteiger partial charge in [-0.15, -0.1) is 0 Å². The zero-order valence-electron chi connectivity index (χ0n) is 18.8. The molecule has 1 amide bonds. The van der Waals surface area contributed by atoms with Gasteiger partial charge in [0.05, 0.1) is 32.4 Å². The molecule has 5 aromatic rings. The third-order valence-corrected chi connectivity index (χ3v) is 7.17. The number of hydrogen-bond donors (Lipinski definition) is 1. The molecule has 0 bridgehead atoms. The minimum Gasteiger partial charge on any atom is -0.325 e. The van der Waals surface area contributed by atoms with Crippen LogP contribution in [-0.4, -0.2) is 21.2 Å². The maximum absolute atomic E-state index is 13.4. The molecule has 1 N–H and O–H groups in total. The zero-order chi connectivity index (χ0) is 25.1. The lowest BCUT2D eigenvalue weighted by Gasteiger charge is -2.14. The molecule has 8 heteroatoms. The number of rotatable bonds is 6. The van der Waals surface area contributed by atoms with Crippen LogP contribution in [0.15, 0.2) is 107 Å². The molecule has 0 saturated heterocycles. The summed E-state index contributed by atoms with van der Waals surface area (Å²) in [4.78, 5) is 30.9. The van der Waals surface area contributed by atoms with Crippen LogP contribution in [0.4, 0.5) is 5.69 Å². The number of nitrogens with one attached hydrogen (secondary N) is 1. The van der Waals surface area contributed by atoms with Crippen LogP contribution in [0.3, 0.4) is 0 Å². The van der Waals surface area contributed by atoms with Crippen LogP contribution in [0, 0.1) is 0 Å². The average molecular weight is 532 g/mol. The number of nitrogens with zero attached hydrogens (tertiary/aromatic N) is 2. The number of benzene rings is 4. The number of hydrogen-bond acceptors (Lipinski definition) is 4. The molecule has 5 rings (SSSR count). The van der Waals surface area contributed by atoms with E-state index >= 15 is 0 Å². The van der Waals surface area contributed by atoms with Gasteiger partial charge in [-0.05, 0) is 53.6 Å². The first-order valence-electron chi connectivity index (χ1n) is 11.0. The summed E-state index contributed by atoms with van der Waals surface area (Å²) >= 11 is 13.5. The van der Waals surface area contributed by atoms with E-state index in [1.54, 1.807) is 36.4 Å². The molecular weight excluding hydrogens is 513 g/mol. The Morgan fingerprint density at radius 3 is 2.39 bits per heavy atom. The normalized spacial score (nSPS) is 10.9. The molecule has 0 aliphatic heterocycles. The van der Waals surface area contributed by atoms with Crippen molar-refractivity contribution in [1.29, 1.82) is 0 Å². The van der Waals surface area contributed by atoms with Crippen molar-refractivity contribution in [3.05, 3.63) is 117 Å². The largest absolute Gasteiger partial charge is 0.325 e. The fraction of sp³-hybridized carbons (Fsp3) is 0.0357. The van der Waals surface area contributed by atoms with E-state index in [0.717, 1.165) is 11.1 Å². The Hall–Kier alpha value is -3.58. The number of carbonyl (C=O) groups excluding carboxylic acids is 1. The van der Waals surface area contributed by atoms with Gasteiger partial charge in [-0.25, -0.2) is 4.98 Å². The molecule has 0 fully saturated rings. The van der Waals surface area contributed by atoms with Gasteiger partial charge in [0, 0.05) is 5.69 Å². The van der Waals surface area contributed by atoms with E-state index in [9.17, 15) is 9.59 Å². The molecule has 1 heterocycles. The van der Waals surface area contributed by atoms with Gasteiger partial charge in [0.1, 0.15) is 0 Å². The van der Waals surface area contributed by atoms with Crippen molar-refractivity contribution in [3.8, 4) is 16.8 Å². The molecule has 0 atom stereocenters. The molecule has 1 aromatic heterocycles. The maximum Gasteiger partial charge on any atom is 0.266 e. The quantitative estimate of drug-likeness (QED) is 0.187. The number of thioether (sulfide) groups is 1. The fourth-order valence-electron chi connectivity index (χ4n) is 3.80. The maximum atomic E-state index is 13.4. The Balaban J connectivity index is 1.42. The first kappa shape index (κ1) is 24.1. The monoisotopic (exact) mass is 531 g/mol. The van der Waals surface area contributed by atoms with E-state index in [1.807, 2.05) is 60.7 Å². The zero-order valence-corrected chi connectivity index (χ0v) is 21.1. The Bertz CT molecular complexity index is 1640. The molecule has 0 radical (unpaired) electrons. The van der Waals surface area contributed by atoms with Crippen LogP contribution in [0.2, 0.25) is 10.0 Å². The molecule has 5 nitrogen and oxygen atoms in total. The Morgan fingerprint density at radius 2 is 1.58 bits per heavy atom. The van der Waals surface area contributed by atoms with Crippen molar-refractivity contribution in [3.63, 3.8) is 0 Å². The van der Waals surface area contributed by atoms with Gasteiger partial charge >= 0.3 is 0 Å². The standard InChI is InChI=1S/C28H19Cl2N3O2S/c29-23-14-13-21(16-24(23)30)33-27(35)22-11-4-5-12-25(22)32-28(33)36-17-26(34)31-20-10-6-9-19(15-20)18-7-2-1-3-8-18/h1-16H,17H2,(H,31,34). The lowest BCUT2D eigenvalue weighted by Crippen LogP contribution is -2.23. The lowest BCUT2D eigenvalue weighted by molar-refractivity contribution is -0.113. The summed E-state index contributed by atoms with van der Waals surface area (Å²) in [5, 5.41) is 4.49. The van der Waals surface area contributed by atoms with Gasteiger partial charge in [0.2, 0.25) is 5.91 Å². The highest BCUT2D eigenvalue weighted by molar-refractivity contribution is 7.99. The van der Waals surface area contributed by atoms with Crippen LogP contribution in [0.1, 0.15) is 0 Å². The van der Waals surface area contributed by atoms with E-state index in [2.05, 4.69) is 10.3 Å². The molecule has 0 aliphatic carbocycles. The summed E-state index contributed by atoms with van der Waals surface area (Å²) in [6.07, 6.45) is 0. The van der Waals surface area contributed by atoms with Crippen molar-refractivity contribution < 1.29 is 4.79 Å². The van der Waals surface area contributed by atoms with Crippen molar-refractivity contribution in [2.45, 2.75) is 5.16 Å². The second kappa shape index (κ2) is 10.6. The first-order valence-corrected chi connectivity index (χ1v) is 12.8. The van der Waals surface area contributed by atoms with E-state index in [0.29, 0.717) is 37.5 Å². The predicted molar refractivity (Wildman–Crippen MR) is 149 cm³/mol. The fourth-order valence-corrected chi connectivity index (χ4v) is 4.90. The molecule has 4 aromatic carbocycles. The van der Waals surface area contributed by atoms with Gasteiger partial charge in [-0.3, -0.25) is 14.2 Å². The van der Waals surface area contributed by atoms with Gasteiger partial charge in [0.25, 0.3) is 5.56 Å². The average Bonchev–Trinajstić information content (AvgIpc) is 2.90. The van der Waals surface area contributed by atoms with Gasteiger partial charge in [0.15, 0.2) is 5.16 Å². The molecule has 178 valence electrons. The SMILES string of the molecule is O=C(CSc1nc2ccccc2c(=O)n1-c1ccc(Cl)c(Cl)c1)Nc1cccc(-c2ccccc2)c1. The van der Waals surface area contributed by atoms with Crippen LogP contribution in [0.25, 0.3) is 27.7 Å². The van der Waals surface area contributed by atoms with Crippen LogP contribution >= 0.6 is 35.0 Å². The Labute approximate surface area is 221 Å². The highest BCUT2D eigenvalue weighted by Crippen LogP contribution is 2.28. The van der Waals surface area contributed by atoms with Crippen LogP contribution in [-0.2, 0) is 4.79 Å². The Kier molecular flexibility index (Phi) is 7.09. The number of anilines is 1. The minimum absolute atomic E-state index is 0.0572. The summed E-state index contributed by atoms with van der Waals surface area (Å²) in [6.45, 7) is 0. The number of carbonyl (C=O) groups is 1. The number of aromatic nitrogens is 2. The predicted octanol–water partition coefficient (Wildman–Crippen LogP) is 7.09. The van der Waals surface area contributed by atoms with Gasteiger partial charge in [-0.1, -0.05) is 89.6 Å². The van der Waals surface area contributed by atoms with Crippen molar-refractivity contribution in [1.82, 2.24) is 9.55 Å². The third-order valence-electron chi connectivity index (χ3n) is 5.49. The summed E-state index contributed by atoms with van der Waals surface area (Å²) in [5.41, 5.74) is 3.58. The van der Waals surface area contributed by atoms with E-state index in [4.69, 9.17) is 23.2 Å². The molecule has 0 saturated carbocycles. The number of halogens is 2. The van der Waals surface area contributed by atoms with Crippen molar-refractivity contribution in [2.24, 2.45) is 0 Å². The molecule has 0 unspecified atom stereocenters. The van der Waals surface area contributed by atoms with Crippen LogP contribution < -0.4 is 10.9 Å². The number of amides is 1. The number of para-hydroxylation sites is 1. The molecular formula is C28H19Cl2N3O2S. The highest BCUT2D eigenvalue weighted by atomic mass is 35.5. The minimum atomic E-state index is -0.252. The first-order chi connectivity index (χ1) is 17.5. The summed E-state index contributed by atoms with van der Waals surface area (Å²) in [6, 6.07) is 29.7. The summed E-state index contributed by atoms with van der Waals surface area (Å²) in [7, 11) is 0. The van der Waals surface area contributed by atoms with Gasteiger partial charge in [-0.2, -0.15) is 0 Å². The van der Waals surface area contributed by atoms with Gasteiger partial charge < -0.3 is 5.32 Å². The Morgan fingerprint density at radius 1 is 0.833 bits per heavy atom. The summed E-state index contributed by atoms with van der Waals surface area (Å²) in [5.74, 6) is -0.157. The van der Waals surface area contributed by atoms with E-state index in [-0.39, 0.29) is 17.2 Å². The van der Waals surface area contributed by atoms with Crippen molar-refractivity contribution >= 4 is 57.5 Å². The molecule has 0 aliphatic rings. The third kappa shape index (κ3) is 5.16. The second-order valence-corrected chi connectivity index (χ2v) is 9.69. The molecule has 0 spiro atoms. The molecule has 36 heavy (non-hydrogen) atoms. The van der Waals surface area contributed by atoms with E-state index in [1.165, 1.54) is 16.3 Å².